The number of para-hydroxylation sites is 1. The minimum atomic E-state index is -0.294. The van der Waals surface area contributed by atoms with Gasteiger partial charge in [-0.1, -0.05) is 18.2 Å². The molecule has 0 bridgehead atoms. The van der Waals surface area contributed by atoms with Crippen molar-refractivity contribution in [1.82, 2.24) is 4.90 Å². The molecule has 1 saturated heterocycles. The lowest BCUT2D eigenvalue weighted by molar-refractivity contribution is -0.385. The van der Waals surface area contributed by atoms with Gasteiger partial charge >= 0.3 is 0 Å². The molecule has 110 valence electrons. The molecule has 0 radical (unpaired) electrons. The van der Waals surface area contributed by atoms with E-state index in [9.17, 15) is 10.1 Å². The SMILES string of the molecule is CC(N)C1CCN(CCc2ccccc2[N+](=O)[O-])CC1. The number of piperidine rings is 1. The molecule has 1 aromatic rings. The van der Waals surface area contributed by atoms with E-state index in [1.54, 1.807) is 12.1 Å². The van der Waals surface area contributed by atoms with Gasteiger partial charge in [0.15, 0.2) is 0 Å². The molecule has 0 aromatic heterocycles. The monoisotopic (exact) mass is 277 g/mol. The molecule has 0 spiro atoms. The van der Waals surface area contributed by atoms with Crippen LogP contribution in [0.4, 0.5) is 5.69 Å². The Hall–Kier alpha value is -1.46. The highest BCUT2D eigenvalue weighted by Gasteiger charge is 2.22. The largest absolute Gasteiger partial charge is 0.328 e. The van der Waals surface area contributed by atoms with E-state index in [1.807, 2.05) is 12.1 Å². The lowest BCUT2D eigenvalue weighted by Gasteiger charge is -2.33. The Kier molecular flexibility index (Phi) is 5.09. The molecule has 0 amide bonds. The Morgan fingerprint density at radius 3 is 2.65 bits per heavy atom. The van der Waals surface area contributed by atoms with Crippen molar-refractivity contribution in [3.63, 3.8) is 0 Å². The molecule has 0 aliphatic carbocycles. The second kappa shape index (κ2) is 6.81. The average Bonchev–Trinajstić information content (AvgIpc) is 2.45. The Balaban J connectivity index is 1.86. The Bertz CT molecular complexity index is 454. The van der Waals surface area contributed by atoms with Gasteiger partial charge in [-0.2, -0.15) is 0 Å². The predicted molar refractivity (Wildman–Crippen MR) is 79.6 cm³/mol. The van der Waals surface area contributed by atoms with Crippen LogP contribution in [0.15, 0.2) is 24.3 Å². The summed E-state index contributed by atoms with van der Waals surface area (Å²) in [6, 6.07) is 7.29. The van der Waals surface area contributed by atoms with Gasteiger partial charge in [0.1, 0.15) is 0 Å². The summed E-state index contributed by atoms with van der Waals surface area (Å²) in [7, 11) is 0. The Labute approximate surface area is 119 Å². The quantitative estimate of drug-likeness (QED) is 0.661. The van der Waals surface area contributed by atoms with Crippen LogP contribution in [0.1, 0.15) is 25.3 Å². The van der Waals surface area contributed by atoms with Gasteiger partial charge in [0.25, 0.3) is 5.69 Å². The van der Waals surface area contributed by atoms with E-state index in [-0.39, 0.29) is 16.7 Å². The molecule has 1 aliphatic rings. The molecule has 5 heteroatoms. The fraction of sp³-hybridized carbons (Fsp3) is 0.600. The maximum absolute atomic E-state index is 11.0. The van der Waals surface area contributed by atoms with Crippen LogP contribution in [-0.2, 0) is 6.42 Å². The topological polar surface area (TPSA) is 72.4 Å². The van der Waals surface area contributed by atoms with Crippen LogP contribution >= 0.6 is 0 Å². The van der Waals surface area contributed by atoms with Gasteiger partial charge in [0.05, 0.1) is 4.92 Å². The van der Waals surface area contributed by atoms with Gasteiger partial charge in [-0.3, -0.25) is 10.1 Å². The highest BCUT2D eigenvalue weighted by Crippen LogP contribution is 2.22. The highest BCUT2D eigenvalue weighted by molar-refractivity contribution is 5.39. The summed E-state index contributed by atoms with van der Waals surface area (Å²) in [6.07, 6.45) is 3.00. The number of hydrogen-bond donors (Lipinski definition) is 1. The molecule has 1 unspecified atom stereocenters. The first-order chi connectivity index (χ1) is 9.58. The van der Waals surface area contributed by atoms with Crippen molar-refractivity contribution in [2.45, 2.75) is 32.2 Å². The van der Waals surface area contributed by atoms with E-state index >= 15 is 0 Å². The predicted octanol–water partition coefficient (Wildman–Crippen LogP) is 2.20. The third kappa shape index (κ3) is 3.77. The molecule has 1 aliphatic heterocycles. The zero-order valence-corrected chi connectivity index (χ0v) is 12.0. The zero-order valence-electron chi connectivity index (χ0n) is 12.0. The van der Waals surface area contributed by atoms with Crippen LogP contribution < -0.4 is 5.73 Å². The van der Waals surface area contributed by atoms with E-state index in [0.717, 1.165) is 44.5 Å². The van der Waals surface area contributed by atoms with Gasteiger partial charge in [0, 0.05) is 24.2 Å². The van der Waals surface area contributed by atoms with Crippen molar-refractivity contribution in [2.75, 3.05) is 19.6 Å². The van der Waals surface area contributed by atoms with Crippen molar-refractivity contribution in [3.05, 3.63) is 39.9 Å². The van der Waals surface area contributed by atoms with Crippen LogP contribution in [-0.4, -0.2) is 35.5 Å². The van der Waals surface area contributed by atoms with Crippen molar-refractivity contribution in [1.29, 1.82) is 0 Å². The van der Waals surface area contributed by atoms with Crippen LogP contribution in [0.3, 0.4) is 0 Å². The Morgan fingerprint density at radius 2 is 2.05 bits per heavy atom. The standard InChI is InChI=1S/C15H23N3O2/c1-12(16)13-6-9-17(10-7-13)11-8-14-4-2-3-5-15(14)18(19)20/h2-5,12-13H,6-11,16H2,1H3. The maximum Gasteiger partial charge on any atom is 0.272 e. The number of hydrogen-bond acceptors (Lipinski definition) is 4. The number of nitrogens with two attached hydrogens (primary N) is 1. The van der Waals surface area contributed by atoms with Crippen molar-refractivity contribution < 1.29 is 4.92 Å². The molecular weight excluding hydrogens is 254 g/mol. The van der Waals surface area contributed by atoms with E-state index in [4.69, 9.17) is 5.73 Å². The van der Waals surface area contributed by atoms with Crippen molar-refractivity contribution in [2.24, 2.45) is 11.7 Å². The summed E-state index contributed by atoms with van der Waals surface area (Å²) in [4.78, 5) is 13.1. The smallest absolute Gasteiger partial charge is 0.272 e. The molecular formula is C15H23N3O2. The van der Waals surface area contributed by atoms with E-state index in [2.05, 4.69) is 11.8 Å². The number of likely N-dealkylation sites (tertiary alicyclic amines) is 1. The molecule has 2 rings (SSSR count). The van der Waals surface area contributed by atoms with E-state index in [0.29, 0.717) is 5.92 Å². The first-order valence-corrected chi connectivity index (χ1v) is 7.28. The molecule has 1 fully saturated rings. The molecule has 1 atom stereocenters. The summed E-state index contributed by atoms with van der Waals surface area (Å²) in [5, 5.41) is 11.0. The summed E-state index contributed by atoms with van der Waals surface area (Å²) in [6.45, 7) is 5.06. The summed E-state index contributed by atoms with van der Waals surface area (Å²) >= 11 is 0. The van der Waals surface area contributed by atoms with Crippen LogP contribution in [0, 0.1) is 16.0 Å². The van der Waals surface area contributed by atoms with Crippen molar-refractivity contribution >= 4 is 5.69 Å². The summed E-state index contributed by atoms with van der Waals surface area (Å²) in [5.41, 5.74) is 7.00. The van der Waals surface area contributed by atoms with E-state index in [1.165, 1.54) is 0 Å². The normalized spacial score (nSPS) is 18.9. The summed E-state index contributed by atoms with van der Waals surface area (Å²) in [5.74, 6) is 0.623. The third-order valence-corrected chi connectivity index (χ3v) is 4.26. The number of rotatable bonds is 5. The first kappa shape index (κ1) is 14.9. The van der Waals surface area contributed by atoms with E-state index < -0.39 is 0 Å². The fourth-order valence-electron chi connectivity index (χ4n) is 2.88. The van der Waals surface area contributed by atoms with Crippen molar-refractivity contribution in [3.8, 4) is 0 Å². The second-order valence-electron chi connectivity index (χ2n) is 5.67. The Morgan fingerprint density at radius 1 is 1.40 bits per heavy atom. The van der Waals surface area contributed by atoms with Gasteiger partial charge in [-0.15, -0.1) is 0 Å². The van der Waals surface area contributed by atoms with Crippen LogP contribution in [0.2, 0.25) is 0 Å². The molecule has 20 heavy (non-hydrogen) atoms. The lowest BCUT2D eigenvalue weighted by atomic mass is 9.91. The minimum Gasteiger partial charge on any atom is -0.328 e. The fourth-order valence-corrected chi connectivity index (χ4v) is 2.88. The maximum atomic E-state index is 11.0. The summed E-state index contributed by atoms with van der Waals surface area (Å²) < 4.78 is 0. The van der Waals surface area contributed by atoms with Crippen LogP contribution in [0.5, 0.6) is 0 Å². The van der Waals surface area contributed by atoms with Gasteiger partial charge in [-0.05, 0) is 45.2 Å². The second-order valence-corrected chi connectivity index (χ2v) is 5.67. The average molecular weight is 277 g/mol. The number of nitrogens with zero attached hydrogens (tertiary/aromatic N) is 2. The molecule has 5 nitrogen and oxygen atoms in total. The first-order valence-electron chi connectivity index (χ1n) is 7.28. The van der Waals surface area contributed by atoms with Crippen LogP contribution in [0.25, 0.3) is 0 Å². The molecule has 0 saturated carbocycles. The lowest BCUT2D eigenvalue weighted by Crippen LogP contribution is -2.40. The third-order valence-electron chi connectivity index (χ3n) is 4.26. The molecule has 1 aromatic carbocycles. The molecule has 2 N–H and O–H groups in total. The number of benzene rings is 1. The zero-order chi connectivity index (χ0) is 14.5. The van der Waals surface area contributed by atoms with Gasteiger partial charge < -0.3 is 10.6 Å². The highest BCUT2D eigenvalue weighted by atomic mass is 16.6. The number of nitro benzene ring substituents is 1. The molecule has 1 heterocycles. The number of nitro groups is 1. The minimum absolute atomic E-state index is 0.234. The van der Waals surface area contributed by atoms with Gasteiger partial charge in [0.2, 0.25) is 0 Å². The van der Waals surface area contributed by atoms with Gasteiger partial charge in [-0.25, -0.2) is 0 Å².